The molecule has 166 valence electrons. The number of hydrogen-bond donors (Lipinski definition) is 1. The summed E-state index contributed by atoms with van der Waals surface area (Å²) in [6, 6.07) is 0. The van der Waals surface area contributed by atoms with Gasteiger partial charge in [-0.2, -0.15) is 0 Å². The molecule has 0 aliphatic rings. The second-order valence-electron chi connectivity index (χ2n) is 8.18. The maximum absolute atomic E-state index is 12.2. The fourth-order valence-electron chi connectivity index (χ4n) is 3.53. The van der Waals surface area contributed by atoms with Gasteiger partial charge in [0.15, 0.2) is 0 Å². The van der Waals surface area contributed by atoms with Gasteiger partial charge in [-0.15, -0.1) is 0 Å². The molecule has 0 radical (unpaired) electrons. The molecule has 0 saturated heterocycles. The van der Waals surface area contributed by atoms with E-state index in [-0.39, 0.29) is 18.5 Å². The van der Waals surface area contributed by atoms with Gasteiger partial charge in [0.25, 0.3) is 0 Å². The summed E-state index contributed by atoms with van der Waals surface area (Å²) in [5, 5.41) is 8.71. The third-order valence-corrected chi connectivity index (χ3v) is 5.33. The summed E-state index contributed by atoms with van der Waals surface area (Å²) in [7, 11) is 0. The molecule has 0 amide bonds. The van der Waals surface area contributed by atoms with E-state index in [0.717, 1.165) is 44.9 Å². The predicted molar refractivity (Wildman–Crippen MR) is 117 cm³/mol. The van der Waals surface area contributed by atoms with Crippen molar-refractivity contribution in [1.29, 1.82) is 0 Å². The first kappa shape index (κ1) is 26.9. The molecule has 0 heterocycles. The van der Waals surface area contributed by atoms with Crippen molar-refractivity contribution in [2.45, 2.75) is 142 Å². The molecule has 0 aromatic carbocycles. The van der Waals surface area contributed by atoms with Crippen molar-refractivity contribution in [3.63, 3.8) is 0 Å². The van der Waals surface area contributed by atoms with Gasteiger partial charge in [0.1, 0.15) is 6.10 Å². The Morgan fingerprint density at radius 1 is 0.643 bits per heavy atom. The van der Waals surface area contributed by atoms with Gasteiger partial charge in [0.05, 0.1) is 0 Å². The minimum absolute atomic E-state index is 0.0169. The smallest absolute Gasteiger partial charge is 0.306 e. The molecule has 0 aliphatic carbocycles. The Morgan fingerprint density at radius 3 is 1.61 bits per heavy atom. The van der Waals surface area contributed by atoms with E-state index in [2.05, 4.69) is 13.8 Å². The Labute approximate surface area is 173 Å². The molecular formula is C24H46O4. The summed E-state index contributed by atoms with van der Waals surface area (Å²) in [4.78, 5) is 22.8. The minimum atomic E-state index is -0.729. The van der Waals surface area contributed by atoms with Crippen LogP contribution in [0.1, 0.15) is 136 Å². The van der Waals surface area contributed by atoms with Crippen molar-refractivity contribution in [3.05, 3.63) is 0 Å². The van der Waals surface area contributed by atoms with Gasteiger partial charge in [-0.3, -0.25) is 9.59 Å². The molecular weight excluding hydrogens is 352 g/mol. The Bertz CT molecular complexity index is 368. The first-order valence-corrected chi connectivity index (χ1v) is 12.0. The molecule has 0 spiro atoms. The SMILES string of the molecule is CCCCCCCCCCC(=O)OC(CCCCCC)CCCCCC(=O)O. The molecule has 0 aliphatic heterocycles. The van der Waals surface area contributed by atoms with Gasteiger partial charge >= 0.3 is 11.9 Å². The molecule has 1 atom stereocenters. The molecule has 4 heteroatoms. The number of ether oxygens (including phenoxy) is 1. The number of esters is 1. The number of hydrogen-bond acceptors (Lipinski definition) is 3. The fourth-order valence-corrected chi connectivity index (χ4v) is 3.53. The van der Waals surface area contributed by atoms with E-state index >= 15 is 0 Å². The topological polar surface area (TPSA) is 63.6 Å². The van der Waals surface area contributed by atoms with Crippen molar-refractivity contribution in [3.8, 4) is 0 Å². The summed E-state index contributed by atoms with van der Waals surface area (Å²) in [6.45, 7) is 4.43. The Kier molecular flexibility index (Phi) is 19.9. The molecule has 0 aromatic rings. The minimum Gasteiger partial charge on any atom is -0.481 e. The van der Waals surface area contributed by atoms with Crippen molar-refractivity contribution in [2.75, 3.05) is 0 Å². The van der Waals surface area contributed by atoms with E-state index in [4.69, 9.17) is 9.84 Å². The molecule has 1 unspecified atom stereocenters. The molecule has 0 fully saturated rings. The van der Waals surface area contributed by atoms with Crippen LogP contribution < -0.4 is 0 Å². The highest BCUT2D eigenvalue weighted by molar-refractivity contribution is 5.69. The maximum Gasteiger partial charge on any atom is 0.306 e. The molecule has 28 heavy (non-hydrogen) atoms. The van der Waals surface area contributed by atoms with Crippen molar-refractivity contribution in [2.24, 2.45) is 0 Å². The second kappa shape index (κ2) is 20.7. The molecule has 0 saturated carbocycles. The van der Waals surface area contributed by atoms with E-state index in [1.165, 1.54) is 57.8 Å². The van der Waals surface area contributed by atoms with Crippen LogP contribution in [0.25, 0.3) is 0 Å². The van der Waals surface area contributed by atoms with Crippen molar-refractivity contribution >= 4 is 11.9 Å². The van der Waals surface area contributed by atoms with Crippen LogP contribution in [0.3, 0.4) is 0 Å². The number of carboxylic acids is 1. The van der Waals surface area contributed by atoms with Crippen LogP contribution in [-0.4, -0.2) is 23.1 Å². The third-order valence-electron chi connectivity index (χ3n) is 5.33. The molecule has 0 bridgehead atoms. The van der Waals surface area contributed by atoms with Crippen LogP contribution >= 0.6 is 0 Å². The summed E-state index contributed by atoms with van der Waals surface area (Å²) < 4.78 is 5.76. The molecule has 0 rings (SSSR count). The quantitative estimate of drug-likeness (QED) is 0.161. The van der Waals surface area contributed by atoms with Crippen LogP contribution in [0.2, 0.25) is 0 Å². The summed E-state index contributed by atoms with van der Waals surface area (Å²) in [5.74, 6) is -0.773. The summed E-state index contributed by atoms with van der Waals surface area (Å²) in [5.41, 5.74) is 0. The first-order valence-electron chi connectivity index (χ1n) is 12.0. The van der Waals surface area contributed by atoms with Gasteiger partial charge in [0, 0.05) is 12.8 Å². The zero-order valence-electron chi connectivity index (χ0n) is 18.7. The lowest BCUT2D eigenvalue weighted by atomic mass is 10.0. The van der Waals surface area contributed by atoms with Gasteiger partial charge in [-0.05, 0) is 38.5 Å². The van der Waals surface area contributed by atoms with Crippen LogP contribution in [0.15, 0.2) is 0 Å². The lowest BCUT2D eigenvalue weighted by Crippen LogP contribution is -2.18. The largest absolute Gasteiger partial charge is 0.481 e. The van der Waals surface area contributed by atoms with Gasteiger partial charge in [0.2, 0.25) is 0 Å². The first-order chi connectivity index (χ1) is 13.6. The Hall–Kier alpha value is -1.06. The molecule has 4 nitrogen and oxygen atoms in total. The summed E-state index contributed by atoms with van der Waals surface area (Å²) in [6.07, 6.45) is 19.7. The van der Waals surface area contributed by atoms with Crippen LogP contribution in [0.4, 0.5) is 0 Å². The Morgan fingerprint density at radius 2 is 1.07 bits per heavy atom. The second-order valence-corrected chi connectivity index (χ2v) is 8.18. The number of carbonyl (C=O) groups is 2. The molecule has 0 aromatic heterocycles. The number of rotatable bonds is 21. The standard InChI is InChI=1S/C24H46O4/c1-3-5-7-9-10-11-12-17-21-24(27)28-22(18-14-8-6-4-2)19-15-13-16-20-23(25)26/h22H,3-21H2,1-2H3,(H,25,26). The molecule has 1 N–H and O–H groups in total. The number of carboxylic acid groups (broad SMARTS) is 1. The lowest BCUT2D eigenvalue weighted by molar-refractivity contribution is -0.150. The lowest BCUT2D eigenvalue weighted by Gasteiger charge is -2.18. The van der Waals surface area contributed by atoms with E-state index in [1.54, 1.807) is 0 Å². The monoisotopic (exact) mass is 398 g/mol. The zero-order chi connectivity index (χ0) is 20.9. The van der Waals surface area contributed by atoms with E-state index in [0.29, 0.717) is 12.8 Å². The normalized spacial score (nSPS) is 12.1. The predicted octanol–water partition coefficient (Wildman–Crippen LogP) is 7.43. The highest BCUT2D eigenvalue weighted by atomic mass is 16.5. The number of carbonyl (C=O) groups excluding carboxylic acids is 1. The fraction of sp³-hybridized carbons (Fsp3) is 0.917. The van der Waals surface area contributed by atoms with Crippen LogP contribution in [0, 0.1) is 0 Å². The van der Waals surface area contributed by atoms with Crippen molar-refractivity contribution < 1.29 is 19.4 Å². The third kappa shape index (κ3) is 19.7. The van der Waals surface area contributed by atoms with Gasteiger partial charge < -0.3 is 9.84 Å². The van der Waals surface area contributed by atoms with E-state index < -0.39 is 5.97 Å². The zero-order valence-corrected chi connectivity index (χ0v) is 18.7. The maximum atomic E-state index is 12.2. The Balaban J connectivity index is 3.93. The summed E-state index contributed by atoms with van der Waals surface area (Å²) >= 11 is 0. The van der Waals surface area contributed by atoms with Crippen LogP contribution in [0.5, 0.6) is 0 Å². The number of unbranched alkanes of at least 4 members (excludes halogenated alkanes) is 12. The van der Waals surface area contributed by atoms with Gasteiger partial charge in [-0.25, -0.2) is 0 Å². The highest BCUT2D eigenvalue weighted by Gasteiger charge is 2.14. The number of aliphatic carboxylic acids is 1. The average Bonchev–Trinajstić information content (AvgIpc) is 2.66. The van der Waals surface area contributed by atoms with Crippen molar-refractivity contribution in [1.82, 2.24) is 0 Å². The van der Waals surface area contributed by atoms with Gasteiger partial charge in [-0.1, -0.05) is 84.5 Å². The van der Waals surface area contributed by atoms with E-state index in [1.807, 2.05) is 0 Å². The van der Waals surface area contributed by atoms with E-state index in [9.17, 15) is 9.59 Å². The average molecular weight is 399 g/mol. The van der Waals surface area contributed by atoms with Crippen LogP contribution in [-0.2, 0) is 14.3 Å². The highest BCUT2D eigenvalue weighted by Crippen LogP contribution is 2.17.